The van der Waals surface area contributed by atoms with Gasteiger partial charge in [0.25, 0.3) is 5.91 Å². The Morgan fingerprint density at radius 2 is 1.77 bits per heavy atom. The maximum Gasteiger partial charge on any atom is 0.268 e. The minimum Gasteiger partial charge on any atom is -0.378 e. The Kier molecular flexibility index (Phi) is 7.51. The van der Waals surface area contributed by atoms with Crippen molar-refractivity contribution in [3.05, 3.63) is 101 Å². The van der Waals surface area contributed by atoms with Gasteiger partial charge in [-0.2, -0.15) is 0 Å². The lowest BCUT2D eigenvalue weighted by Gasteiger charge is -2.09. The minimum absolute atomic E-state index is 0.0309. The number of aryl methyl sites for hydroxylation is 2. The molecule has 3 aromatic carbocycles. The van der Waals surface area contributed by atoms with Gasteiger partial charge in [0.15, 0.2) is 5.78 Å². The molecule has 0 unspecified atom stereocenters. The highest BCUT2D eigenvalue weighted by molar-refractivity contribution is 7.17. The molecule has 0 radical (unpaired) electrons. The maximum atomic E-state index is 13.2. The monoisotopic (exact) mass is 537 g/mol. The Hall–Kier alpha value is -4.76. The number of benzene rings is 3. The highest BCUT2D eigenvalue weighted by atomic mass is 32.1. The molecule has 0 aliphatic carbocycles. The number of thiophene rings is 1. The first-order chi connectivity index (χ1) is 18.9. The van der Waals surface area contributed by atoms with Crippen molar-refractivity contribution in [1.82, 2.24) is 9.55 Å². The van der Waals surface area contributed by atoms with Crippen molar-refractivity contribution >= 4 is 51.6 Å². The Bertz CT molecular complexity index is 1670. The third-order valence-corrected chi connectivity index (χ3v) is 7.37. The van der Waals surface area contributed by atoms with Crippen molar-refractivity contribution in [3.8, 4) is 10.4 Å². The summed E-state index contributed by atoms with van der Waals surface area (Å²) >= 11 is 1.40. The number of primary amides is 1. The van der Waals surface area contributed by atoms with Crippen LogP contribution in [0.25, 0.3) is 21.5 Å². The Balaban J connectivity index is 1.37. The summed E-state index contributed by atoms with van der Waals surface area (Å²) < 4.78 is 1.77. The fourth-order valence-corrected chi connectivity index (χ4v) is 5.17. The number of amides is 2. The summed E-state index contributed by atoms with van der Waals surface area (Å²) in [6.07, 6.45) is 0.0937. The highest BCUT2D eigenvalue weighted by Gasteiger charge is 2.17. The number of ketones is 1. The maximum absolute atomic E-state index is 13.2. The fraction of sp³-hybridized carbons (Fsp3) is 0.133. The van der Waals surface area contributed by atoms with Gasteiger partial charge in [0.1, 0.15) is 0 Å². The van der Waals surface area contributed by atoms with E-state index >= 15 is 0 Å². The third-order valence-electron chi connectivity index (χ3n) is 6.24. The fourth-order valence-electron chi connectivity index (χ4n) is 4.27. The number of nitrogens with two attached hydrogens (primary N) is 1. The van der Waals surface area contributed by atoms with Gasteiger partial charge in [0.05, 0.1) is 22.5 Å². The number of rotatable bonds is 10. The van der Waals surface area contributed by atoms with Crippen LogP contribution in [0.2, 0.25) is 0 Å². The first-order valence-corrected chi connectivity index (χ1v) is 13.3. The molecule has 0 bridgehead atoms. The largest absolute Gasteiger partial charge is 0.378 e. The van der Waals surface area contributed by atoms with Crippen molar-refractivity contribution in [1.29, 1.82) is 0 Å². The number of nitrogens with one attached hydrogen (secondary N) is 2. The molecule has 9 heteroatoms. The van der Waals surface area contributed by atoms with Crippen LogP contribution in [0.3, 0.4) is 0 Å². The molecule has 2 heterocycles. The van der Waals surface area contributed by atoms with Crippen LogP contribution in [0.15, 0.2) is 84.9 Å². The number of aromatic nitrogens is 2. The Morgan fingerprint density at radius 3 is 2.54 bits per heavy atom. The van der Waals surface area contributed by atoms with E-state index in [1.54, 1.807) is 22.8 Å². The number of hydrogen-bond donors (Lipinski definition) is 3. The molecule has 0 fully saturated rings. The molecule has 2 amide bonds. The van der Waals surface area contributed by atoms with Gasteiger partial charge in [-0.15, -0.1) is 11.3 Å². The van der Waals surface area contributed by atoms with Gasteiger partial charge in [-0.25, -0.2) is 4.98 Å². The van der Waals surface area contributed by atoms with E-state index in [2.05, 4.69) is 21.7 Å². The van der Waals surface area contributed by atoms with E-state index in [9.17, 15) is 14.4 Å². The van der Waals surface area contributed by atoms with Crippen molar-refractivity contribution in [2.75, 3.05) is 17.2 Å². The van der Waals surface area contributed by atoms with Crippen LogP contribution in [0.5, 0.6) is 0 Å². The van der Waals surface area contributed by atoms with Crippen LogP contribution in [-0.2, 0) is 11.3 Å². The molecule has 5 rings (SSSR count). The molecule has 4 N–H and O–H groups in total. The molecule has 8 nitrogen and oxygen atoms in total. The summed E-state index contributed by atoms with van der Waals surface area (Å²) in [5, 5.41) is 6.05. The SMILES string of the molecule is Cc1cccc(-c2ccc(C(=O)Nc3nc4cc(NCC(=O)c5ccccc5)ccc4n3CCC(N)=O)s2)c1. The topological polar surface area (TPSA) is 119 Å². The van der Waals surface area contributed by atoms with Gasteiger partial charge in [0, 0.05) is 29.1 Å². The second-order valence-corrected chi connectivity index (χ2v) is 10.2. The van der Waals surface area contributed by atoms with Crippen LogP contribution in [0.4, 0.5) is 11.6 Å². The van der Waals surface area contributed by atoms with E-state index in [-0.39, 0.29) is 31.2 Å². The molecule has 2 aromatic heterocycles. The molecule has 0 saturated carbocycles. The van der Waals surface area contributed by atoms with Crippen LogP contribution < -0.4 is 16.4 Å². The molecule has 0 aliphatic heterocycles. The van der Waals surface area contributed by atoms with E-state index in [0.717, 1.165) is 21.5 Å². The van der Waals surface area contributed by atoms with Gasteiger partial charge in [-0.05, 0) is 42.8 Å². The first kappa shape index (κ1) is 25.9. The van der Waals surface area contributed by atoms with Crippen LogP contribution >= 0.6 is 11.3 Å². The summed E-state index contributed by atoms with van der Waals surface area (Å²) in [7, 11) is 0. The number of nitrogens with zero attached hydrogens (tertiary/aromatic N) is 2. The molecule has 0 aliphatic rings. The van der Waals surface area contributed by atoms with Crippen molar-refractivity contribution in [2.45, 2.75) is 19.9 Å². The average Bonchev–Trinajstić information content (AvgIpc) is 3.56. The summed E-state index contributed by atoms with van der Waals surface area (Å²) in [6.45, 7) is 2.42. The molecule has 196 valence electrons. The van der Waals surface area contributed by atoms with E-state index < -0.39 is 5.91 Å². The quantitative estimate of drug-likeness (QED) is 0.203. The number of Topliss-reactive ketones (excluding diaryl/α,β-unsaturated/α-hetero) is 1. The minimum atomic E-state index is -0.451. The predicted molar refractivity (Wildman–Crippen MR) is 155 cm³/mol. The molecule has 5 aromatic rings. The molecule has 39 heavy (non-hydrogen) atoms. The van der Waals surface area contributed by atoms with Crippen molar-refractivity contribution in [3.63, 3.8) is 0 Å². The van der Waals surface area contributed by atoms with Crippen LogP contribution in [0.1, 0.15) is 32.0 Å². The van der Waals surface area contributed by atoms with Gasteiger partial charge in [-0.1, -0.05) is 60.2 Å². The number of fused-ring (bicyclic) bond motifs is 1. The van der Waals surface area contributed by atoms with Gasteiger partial charge in [-0.3, -0.25) is 19.7 Å². The summed E-state index contributed by atoms with van der Waals surface area (Å²) in [5.74, 6) is -0.454. The van der Waals surface area contributed by atoms with Gasteiger partial charge >= 0.3 is 0 Å². The number of carbonyl (C=O) groups excluding carboxylic acids is 3. The molecular formula is C30H27N5O3S. The normalized spacial score (nSPS) is 10.9. The predicted octanol–water partition coefficient (Wildman–Crippen LogP) is 5.50. The standard InChI is InChI=1S/C30H27N5O3S/c1-19-6-5-9-21(16-19)26-12-13-27(39-26)29(38)34-30-33-23-17-22(10-11-24(23)35(30)15-14-28(31)37)32-18-25(36)20-7-3-2-4-8-20/h2-13,16-17,32H,14-15,18H2,1H3,(H2,31,37)(H,33,34,38). The smallest absolute Gasteiger partial charge is 0.268 e. The summed E-state index contributed by atoms with van der Waals surface area (Å²) in [5.41, 5.74) is 10.3. The first-order valence-electron chi connectivity index (χ1n) is 12.5. The molecular weight excluding hydrogens is 510 g/mol. The van der Waals surface area contributed by atoms with Crippen LogP contribution in [0, 0.1) is 6.92 Å². The van der Waals surface area contributed by atoms with Gasteiger partial charge < -0.3 is 15.6 Å². The average molecular weight is 538 g/mol. The number of hydrogen-bond acceptors (Lipinski definition) is 6. The summed E-state index contributed by atoms with van der Waals surface area (Å²) in [6, 6.07) is 26.4. The zero-order valence-electron chi connectivity index (χ0n) is 21.3. The second kappa shape index (κ2) is 11.3. The Morgan fingerprint density at radius 1 is 0.949 bits per heavy atom. The number of carbonyl (C=O) groups is 3. The number of anilines is 2. The van der Waals surface area contributed by atoms with E-state index in [0.29, 0.717) is 27.6 Å². The molecule has 0 saturated heterocycles. The lowest BCUT2D eigenvalue weighted by molar-refractivity contribution is -0.118. The lowest BCUT2D eigenvalue weighted by atomic mass is 10.1. The third kappa shape index (κ3) is 6.05. The lowest BCUT2D eigenvalue weighted by Crippen LogP contribution is -2.18. The zero-order valence-corrected chi connectivity index (χ0v) is 22.1. The molecule has 0 spiro atoms. The van der Waals surface area contributed by atoms with Crippen molar-refractivity contribution in [2.24, 2.45) is 5.73 Å². The number of imidazole rings is 1. The Labute approximate surface area is 229 Å². The van der Waals surface area contributed by atoms with Crippen molar-refractivity contribution < 1.29 is 14.4 Å². The van der Waals surface area contributed by atoms with E-state index in [1.165, 1.54) is 11.3 Å². The second-order valence-electron chi connectivity index (χ2n) is 9.14. The van der Waals surface area contributed by atoms with Gasteiger partial charge in [0.2, 0.25) is 11.9 Å². The molecule has 0 atom stereocenters. The zero-order chi connectivity index (χ0) is 27.4. The highest BCUT2D eigenvalue weighted by Crippen LogP contribution is 2.30. The van der Waals surface area contributed by atoms with Crippen LogP contribution in [-0.4, -0.2) is 33.7 Å². The van der Waals surface area contributed by atoms with E-state index in [4.69, 9.17) is 5.73 Å². The van der Waals surface area contributed by atoms with E-state index in [1.807, 2.05) is 67.6 Å². The summed E-state index contributed by atoms with van der Waals surface area (Å²) in [4.78, 5) is 43.4.